The lowest BCUT2D eigenvalue weighted by atomic mass is 10.1. The molecule has 0 radical (unpaired) electrons. The second kappa shape index (κ2) is 6.67. The zero-order valence-electron chi connectivity index (χ0n) is 12.2. The van der Waals surface area contributed by atoms with Crippen LogP contribution in [0.2, 0.25) is 0 Å². The third kappa shape index (κ3) is 3.50. The largest absolute Gasteiger partial charge is 0.396 e. The molecular formula is C14H21N3O2S2. The van der Waals surface area contributed by atoms with E-state index in [0.717, 1.165) is 37.0 Å². The smallest absolute Gasteiger partial charge is 0.183 e. The third-order valence-corrected chi connectivity index (χ3v) is 6.86. The summed E-state index contributed by atoms with van der Waals surface area (Å²) in [5.41, 5.74) is 5.98. The Kier molecular flexibility index (Phi) is 5.12. The predicted octanol–water partition coefficient (Wildman–Crippen LogP) is 3.13. The minimum atomic E-state index is -3.44. The molecule has 0 bridgehead atoms. The fraction of sp³-hybridized carbons (Fsp3) is 0.643. The first-order valence-electron chi connectivity index (χ1n) is 7.31. The number of anilines is 2. The van der Waals surface area contributed by atoms with Crippen LogP contribution in [-0.4, -0.2) is 20.2 Å². The van der Waals surface area contributed by atoms with Crippen LogP contribution in [0, 0.1) is 11.3 Å². The van der Waals surface area contributed by atoms with Crippen LogP contribution in [0.15, 0.2) is 4.90 Å². The van der Waals surface area contributed by atoms with Crippen molar-refractivity contribution in [3.05, 3.63) is 4.88 Å². The van der Waals surface area contributed by atoms with Gasteiger partial charge in [0.15, 0.2) is 9.84 Å². The summed E-state index contributed by atoms with van der Waals surface area (Å²) in [7, 11) is -3.44. The normalized spacial score (nSPS) is 17.1. The molecule has 5 nitrogen and oxygen atoms in total. The average molecular weight is 327 g/mol. The van der Waals surface area contributed by atoms with Crippen molar-refractivity contribution in [3.8, 4) is 6.07 Å². The lowest BCUT2D eigenvalue weighted by molar-refractivity contribution is 0.596. The van der Waals surface area contributed by atoms with E-state index in [1.165, 1.54) is 12.8 Å². The predicted molar refractivity (Wildman–Crippen MR) is 86.3 cm³/mol. The van der Waals surface area contributed by atoms with E-state index in [9.17, 15) is 8.42 Å². The summed E-state index contributed by atoms with van der Waals surface area (Å²) in [6.45, 7) is 1.59. The highest BCUT2D eigenvalue weighted by atomic mass is 32.2. The van der Waals surface area contributed by atoms with Crippen molar-refractivity contribution in [1.29, 1.82) is 5.26 Å². The minimum Gasteiger partial charge on any atom is -0.396 e. The Morgan fingerprint density at radius 3 is 2.48 bits per heavy atom. The molecule has 0 amide bonds. The molecule has 0 aliphatic heterocycles. The molecule has 1 fully saturated rings. The summed E-state index contributed by atoms with van der Waals surface area (Å²) >= 11 is 1.15. The highest BCUT2D eigenvalue weighted by Crippen LogP contribution is 2.40. The van der Waals surface area contributed by atoms with Gasteiger partial charge in [0, 0.05) is 6.04 Å². The van der Waals surface area contributed by atoms with E-state index < -0.39 is 9.84 Å². The zero-order valence-corrected chi connectivity index (χ0v) is 13.8. The number of nitrogens with one attached hydrogen (secondary N) is 1. The van der Waals surface area contributed by atoms with Gasteiger partial charge in [-0.3, -0.25) is 0 Å². The Morgan fingerprint density at radius 2 is 1.95 bits per heavy atom. The second-order valence-corrected chi connectivity index (χ2v) is 8.59. The van der Waals surface area contributed by atoms with Gasteiger partial charge in [0.05, 0.1) is 11.4 Å². The van der Waals surface area contributed by atoms with Gasteiger partial charge in [-0.15, -0.1) is 11.3 Å². The van der Waals surface area contributed by atoms with Crippen LogP contribution in [0.4, 0.5) is 10.7 Å². The summed E-state index contributed by atoms with van der Waals surface area (Å²) in [6, 6.07) is 2.26. The van der Waals surface area contributed by atoms with E-state index in [1.807, 2.05) is 6.07 Å². The van der Waals surface area contributed by atoms with Gasteiger partial charge in [-0.2, -0.15) is 5.26 Å². The molecule has 0 unspecified atom stereocenters. The molecule has 1 aliphatic carbocycles. The Morgan fingerprint density at radius 1 is 1.33 bits per heavy atom. The van der Waals surface area contributed by atoms with Gasteiger partial charge in [0.25, 0.3) is 0 Å². The number of hydrogen-bond acceptors (Lipinski definition) is 6. The van der Waals surface area contributed by atoms with Gasteiger partial charge in [-0.05, 0) is 12.8 Å². The van der Waals surface area contributed by atoms with Crippen molar-refractivity contribution in [2.24, 2.45) is 0 Å². The van der Waals surface area contributed by atoms with E-state index in [1.54, 1.807) is 6.92 Å². The maximum atomic E-state index is 12.3. The van der Waals surface area contributed by atoms with Crippen LogP contribution in [0.3, 0.4) is 0 Å². The molecule has 21 heavy (non-hydrogen) atoms. The number of hydrogen-bond donors (Lipinski definition) is 2. The highest BCUT2D eigenvalue weighted by Gasteiger charge is 2.27. The maximum absolute atomic E-state index is 12.3. The number of thiophene rings is 1. The molecule has 0 saturated heterocycles. The summed E-state index contributed by atoms with van der Waals surface area (Å²) < 4.78 is 24.5. The molecule has 1 aromatic rings. The first-order valence-corrected chi connectivity index (χ1v) is 9.78. The number of nitriles is 1. The van der Waals surface area contributed by atoms with Gasteiger partial charge >= 0.3 is 0 Å². The van der Waals surface area contributed by atoms with E-state index in [2.05, 4.69) is 5.32 Å². The third-order valence-electron chi connectivity index (χ3n) is 3.88. The first kappa shape index (κ1) is 16.1. The Hall–Kier alpha value is -1.26. The summed E-state index contributed by atoms with van der Waals surface area (Å²) in [5, 5.41) is 13.0. The summed E-state index contributed by atoms with van der Waals surface area (Å²) in [5.74, 6) is -0.0157. The van der Waals surface area contributed by atoms with Crippen molar-refractivity contribution >= 4 is 31.9 Å². The van der Waals surface area contributed by atoms with Crippen LogP contribution in [0.1, 0.15) is 50.3 Å². The quantitative estimate of drug-likeness (QED) is 0.828. The van der Waals surface area contributed by atoms with Gasteiger partial charge < -0.3 is 11.1 Å². The Labute approximate surface area is 130 Å². The fourth-order valence-electron chi connectivity index (χ4n) is 2.67. The van der Waals surface area contributed by atoms with Crippen LogP contribution in [0.25, 0.3) is 0 Å². The van der Waals surface area contributed by atoms with Gasteiger partial charge in [-0.1, -0.05) is 32.6 Å². The Balaban J connectivity index is 2.36. The van der Waals surface area contributed by atoms with Crippen molar-refractivity contribution in [3.63, 3.8) is 0 Å². The molecule has 7 heteroatoms. The highest BCUT2D eigenvalue weighted by molar-refractivity contribution is 7.91. The SMILES string of the molecule is CCS(=O)(=O)c1c(NC2CCCCCC2)sc(C#N)c1N. The van der Waals surface area contributed by atoms with Crippen LogP contribution >= 0.6 is 11.3 Å². The lowest BCUT2D eigenvalue weighted by Gasteiger charge is -2.17. The van der Waals surface area contributed by atoms with Crippen LogP contribution in [0.5, 0.6) is 0 Å². The number of nitrogens with two attached hydrogens (primary N) is 1. The Bertz CT molecular complexity index is 636. The number of rotatable bonds is 4. The standard InChI is InChI=1S/C14H21N3O2S2/c1-2-21(18,19)13-12(16)11(9-15)20-14(13)17-10-7-5-3-4-6-8-10/h10,17H,2-8,16H2,1H3. The van der Waals surface area contributed by atoms with E-state index in [-0.39, 0.29) is 27.3 Å². The van der Waals surface area contributed by atoms with Gasteiger partial charge in [0.2, 0.25) is 0 Å². The molecule has 1 heterocycles. The van der Waals surface area contributed by atoms with Crippen LogP contribution in [-0.2, 0) is 9.84 Å². The van der Waals surface area contributed by atoms with Gasteiger partial charge in [0.1, 0.15) is 20.8 Å². The molecule has 1 aromatic heterocycles. The lowest BCUT2D eigenvalue weighted by Crippen LogP contribution is -2.19. The van der Waals surface area contributed by atoms with E-state index in [0.29, 0.717) is 5.00 Å². The summed E-state index contributed by atoms with van der Waals surface area (Å²) in [4.78, 5) is 0.397. The molecule has 1 aliphatic rings. The van der Waals surface area contributed by atoms with Crippen molar-refractivity contribution < 1.29 is 8.42 Å². The zero-order chi connectivity index (χ0) is 15.5. The van der Waals surface area contributed by atoms with Crippen molar-refractivity contribution in [2.45, 2.75) is 56.4 Å². The maximum Gasteiger partial charge on any atom is 0.183 e. The minimum absolute atomic E-state index is 0.0157. The molecule has 1 saturated carbocycles. The molecular weight excluding hydrogens is 306 g/mol. The first-order chi connectivity index (χ1) is 9.99. The monoisotopic (exact) mass is 327 g/mol. The second-order valence-electron chi connectivity index (χ2n) is 5.35. The molecule has 2 rings (SSSR count). The number of sulfone groups is 1. The van der Waals surface area contributed by atoms with Crippen molar-refractivity contribution in [2.75, 3.05) is 16.8 Å². The topological polar surface area (TPSA) is 96.0 Å². The van der Waals surface area contributed by atoms with Gasteiger partial charge in [-0.25, -0.2) is 8.42 Å². The van der Waals surface area contributed by atoms with Crippen LogP contribution < -0.4 is 11.1 Å². The van der Waals surface area contributed by atoms with E-state index in [4.69, 9.17) is 11.0 Å². The molecule has 0 atom stereocenters. The van der Waals surface area contributed by atoms with E-state index >= 15 is 0 Å². The number of nitrogen functional groups attached to an aromatic ring is 1. The molecule has 116 valence electrons. The fourth-order valence-corrected chi connectivity index (χ4v) is 5.20. The number of nitrogens with zero attached hydrogens (tertiary/aromatic N) is 1. The average Bonchev–Trinajstić information content (AvgIpc) is 2.64. The molecule has 3 N–H and O–H groups in total. The molecule has 0 spiro atoms. The molecule has 0 aromatic carbocycles. The summed E-state index contributed by atoms with van der Waals surface area (Å²) in [6.07, 6.45) is 6.83. The van der Waals surface area contributed by atoms with Crippen molar-refractivity contribution in [1.82, 2.24) is 0 Å².